The molecular weight excluding hydrogens is 447 g/mol. The Bertz CT molecular complexity index is 573. The number of rotatable bonds is 8. The van der Waals surface area contributed by atoms with Crippen LogP contribution in [0, 0.1) is 0 Å². The molecule has 1 fully saturated rings. The van der Waals surface area contributed by atoms with Crippen LogP contribution in [0.4, 0.5) is 0 Å². The van der Waals surface area contributed by atoms with E-state index in [0.29, 0.717) is 32.7 Å². The molecule has 3 N–H and O–H groups in total. The summed E-state index contributed by atoms with van der Waals surface area (Å²) in [7, 11) is 1.66. The Balaban J connectivity index is 0.00000338. The zero-order valence-corrected chi connectivity index (χ0v) is 17.7. The summed E-state index contributed by atoms with van der Waals surface area (Å²) in [6, 6.07) is 8.03. The second-order valence-corrected chi connectivity index (χ2v) is 5.81. The number of guanidine groups is 1. The van der Waals surface area contributed by atoms with Crippen molar-refractivity contribution >= 4 is 35.8 Å². The standard InChI is InChI=1S/C18H28N4O3.HI/c1-3-19-18(22-15-8-9-17(23)21-12-15)20-10-11-25-13-14-6-4-5-7-16(14)24-2;/h4-7,15H,3,8-13H2,1-2H3,(H,21,23)(H2,19,20,22);1H. The molecular formula is C18H29IN4O3. The van der Waals surface area contributed by atoms with E-state index >= 15 is 0 Å². The molecule has 2 rings (SSSR count). The van der Waals surface area contributed by atoms with Crippen molar-refractivity contribution in [1.29, 1.82) is 0 Å². The number of ether oxygens (including phenoxy) is 2. The van der Waals surface area contributed by atoms with E-state index in [9.17, 15) is 4.79 Å². The number of piperidine rings is 1. The number of methoxy groups -OCH3 is 1. The molecule has 1 heterocycles. The minimum atomic E-state index is 0. The lowest BCUT2D eigenvalue weighted by atomic mass is 10.1. The maximum absolute atomic E-state index is 11.2. The highest BCUT2D eigenvalue weighted by molar-refractivity contribution is 14.0. The molecule has 8 heteroatoms. The van der Waals surface area contributed by atoms with E-state index in [1.54, 1.807) is 7.11 Å². The molecule has 1 aromatic rings. The van der Waals surface area contributed by atoms with Crippen LogP contribution in [0.3, 0.4) is 0 Å². The third kappa shape index (κ3) is 7.77. The maximum Gasteiger partial charge on any atom is 0.220 e. The van der Waals surface area contributed by atoms with Crippen molar-refractivity contribution in [3.8, 4) is 5.75 Å². The highest BCUT2D eigenvalue weighted by Gasteiger charge is 2.18. The van der Waals surface area contributed by atoms with Gasteiger partial charge in [0.05, 0.1) is 26.9 Å². The van der Waals surface area contributed by atoms with Crippen LogP contribution in [0.5, 0.6) is 5.75 Å². The summed E-state index contributed by atoms with van der Waals surface area (Å²) in [6.45, 7) is 5.02. The Morgan fingerprint density at radius 3 is 2.88 bits per heavy atom. The molecule has 1 aromatic carbocycles. The van der Waals surface area contributed by atoms with Crippen LogP contribution in [0.1, 0.15) is 25.3 Å². The quantitative estimate of drug-likeness (QED) is 0.230. The van der Waals surface area contributed by atoms with Crippen molar-refractivity contribution in [3.63, 3.8) is 0 Å². The second kappa shape index (κ2) is 12.7. The number of carbonyl (C=O) groups is 1. The molecule has 1 unspecified atom stereocenters. The number of nitrogens with one attached hydrogen (secondary N) is 3. The van der Waals surface area contributed by atoms with Crippen molar-refractivity contribution in [1.82, 2.24) is 16.0 Å². The van der Waals surface area contributed by atoms with Gasteiger partial charge in [0.25, 0.3) is 0 Å². The summed E-state index contributed by atoms with van der Waals surface area (Å²) in [5.74, 6) is 1.70. The lowest BCUT2D eigenvalue weighted by Gasteiger charge is -2.25. The third-order valence-corrected chi connectivity index (χ3v) is 3.91. The number of amides is 1. The van der Waals surface area contributed by atoms with E-state index in [-0.39, 0.29) is 35.9 Å². The summed E-state index contributed by atoms with van der Waals surface area (Å²) in [5.41, 5.74) is 1.02. The first-order valence-electron chi connectivity index (χ1n) is 8.74. The third-order valence-electron chi connectivity index (χ3n) is 3.91. The smallest absolute Gasteiger partial charge is 0.220 e. The molecule has 0 bridgehead atoms. The Kier molecular flexibility index (Phi) is 11.0. The number of hydrogen-bond acceptors (Lipinski definition) is 4. The minimum absolute atomic E-state index is 0. The maximum atomic E-state index is 11.2. The first-order chi connectivity index (χ1) is 12.2. The van der Waals surface area contributed by atoms with Crippen molar-refractivity contribution in [2.24, 2.45) is 4.99 Å². The zero-order chi connectivity index (χ0) is 17.9. The van der Waals surface area contributed by atoms with E-state index in [4.69, 9.17) is 9.47 Å². The highest BCUT2D eigenvalue weighted by Crippen LogP contribution is 2.17. The second-order valence-electron chi connectivity index (χ2n) is 5.81. The van der Waals surface area contributed by atoms with Gasteiger partial charge in [-0.3, -0.25) is 9.79 Å². The summed E-state index contributed by atoms with van der Waals surface area (Å²) in [4.78, 5) is 15.7. The van der Waals surface area contributed by atoms with Crippen LogP contribution in [0.15, 0.2) is 29.3 Å². The lowest BCUT2D eigenvalue weighted by molar-refractivity contribution is -0.122. The van der Waals surface area contributed by atoms with Gasteiger partial charge in [-0.1, -0.05) is 18.2 Å². The van der Waals surface area contributed by atoms with Gasteiger partial charge in [0, 0.05) is 31.1 Å². The average Bonchev–Trinajstić information content (AvgIpc) is 2.63. The molecule has 1 saturated heterocycles. The predicted molar refractivity (Wildman–Crippen MR) is 113 cm³/mol. The monoisotopic (exact) mass is 476 g/mol. The Labute approximate surface area is 172 Å². The van der Waals surface area contributed by atoms with Gasteiger partial charge in [0.15, 0.2) is 5.96 Å². The fourth-order valence-electron chi connectivity index (χ4n) is 2.60. The van der Waals surface area contributed by atoms with Crippen molar-refractivity contribution in [2.45, 2.75) is 32.4 Å². The number of aliphatic imine (C=N–C) groups is 1. The van der Waals surface area contributed by atoms with Crippen LogP contribution in [0.25, 0.3) is 0 Å². The van der Waals surface area contributed by atoms with Gasteiger partial charge in [0.2, 0.25) is 5.91 Å². The molecule has 1 atom stereocenters. The fourth-order valence-corrected chi connectivity index (χ4v) is 2.60. The van der Waals surface area contributed by atoms with Gasteiger partial charge in [-0.25, -0.2) is 0 Å². The number of halogens is 1. The molecule has 1 aliphatic rings. The van der Waals surface area contributed by atoms with Gasteiger partial charge in [-0.05, 0) is 19.4 Å². The van der Waals surface area contributed by atoms with E-state index in [0.717, 1.165) is 30.2 Å². The number of hydrogen-bond donors (Lipinski definition) is 3. The van der Waals surface area contributed by atoms with Crippen molar-refractivity contribution < 1.29 is 14.3 Å². The molecule has 146 valence electrons. The molecule has 7 nitrogen and oxygen atoms in total. The van der Waals surface area contributed by atoms with E-state index in [1.807, 2.05) is 31.2 Å². The van der Waals surface area contributed by atoms with Gasteiger partial charge < -0.3 is 25.4 Å². The molecule has 0 saturated carbocycles. The lowest BCUT2D eigenvalue weighted by Crippen LogP contribution is -2.51. The largest absolute Gasteiger partial charge is 0.496 e. The van der Waals surface area contributed by atoms with Crippen molar-refractivity contribution in [3.05, 3.63) is 29.8 Å². The fraction of sp³-hybridized carbons (Fsp3) is 0.556. The molecule has 0 radical (unpaired) electrons. The number of benzene rings is 1. The Hall–Kier alpha value is -1.55. The van der Waals surface area contributed by atoms with Gasteiger partial charge in [-0.2, -0.15) is 0 Å². The van der Waals surface area contributed by atoms with Gasteiger partial charge >= 0.3 is 0 Å². The van der Waals surface area contributed by atoms with E-state index in [1.165, 1.54) is 0 Å². The van der Waals surface area contributed by atoms with Crippen LogP contribution >= 0.6 is 24.0 Å². The number of carbonyl (C=O) groups excluding carboxylic acids is 1. The minimum Gasteiger partial charge on any atom is -0.496 e. The Morgan fingerprint density at radius 1 is 1.38 bits per heavy atom. The van der Waals surface area contributed by atoms with Crippen LogP contribution < -0.4 is 20.7 Å². The molecule has 1 aliphatic heterocycles. The number of nitrogens with zero attached hydrogens (tertiary/aromatic N) is 1. The van der Waals surface area contributed by atoms with E-state index < -0.39 is 0 Å². The SMILES string of the molecule is CCNC(=NCCOCc1ccccc1OC)NC1CCC(=O)NC1.I. The van der Waals surface area contributed by atoms with Crippen LogP contribution in [0.2, 0.25) is 0 Å². The number of para-hydroxylation sites is 1. The first kappa shape index (κ1) is 22.5. The molecule has 0 spiro atoms. The van der Waals surface area contributed by atoms with Crippen LogP contribution in [-0.2, 0) is 16.1 Å². The predicted octanol–water partition coefficient (Wildman–Crippen LogP) is 1.66. The Morgan fingerprint density at radius 2 is 2.19 bits per heavy atom. The van der Waals surface area contributed by atoms with Gasteiger partial charge in [0.1, 0.15) is 5.75 Å². The molecule has 1 amide bonds. The van der Waals surface area contributed by atoms with E-state index in [2.05, 4.69) is 20.9 Å². The summed E-state index contributed by atoms with van der Waals surface area (Å²) in [5, 5.41) is 9.44. The zero-order valence-electron chi connectivity index (χ0n) is 15.4. The first-order valence-corrected chi connectivity index (χ1v) is 8.74. The van der Waals surface area contributed by atoms with Gasteiger partial charge in [-0.15, -0.1) is 24.0 Å². The molecule has 26 heavy (non-hydrogen) atoms. The summed E-state index contributed by atoms with van der Waals surface area (Å²) >= 11 is 0. The molecule has 0 aromatic heterocycles. The summed E-state index contributed by atoms with van der Waals surface area (Å²) < 4.78 is 11.0. The molecule has 0 aliphatic carbocycles. The summed E-state index contributed by atoms with van der Waals surface area (Å²) in [6.07, 6.45) is 1.37. The topological polar surface area (TPSA) is 84.0 Å². The van der Waals surface area contributed by atoms with Crippen molar-refractivity contribution in [2.75, 3.05) is 33.4 Å². The average molecular weight is 476 g/mol. The highest BCUT2D eigenvalue weighted by atomic mass is 127. The normalized spacial score (nSPS) is 17.1. The van der Waals surface area contributed by atoms with Crippen LogP contribution in [-0.4, -0.2) is 51.3 Å².